The summed E-state index contributed by atoms with van der Waals surface area (Å²) in [5, 5.41) is 13.2. The van der Waals surface area contributed by atoms with Gasteiger partial charge in [0, 0.05) is 0 Å². The van der Waals surface area contributed by atoms with Crippen molar-refractivity contribution in [2.75, 3.05) is 0 Å². The van der Waals surface area contributed by atoms with Crippen LogP contribution >= 0.6 is 23.6 Å². The van der Waals surface area contributed by atoms with Crippen LogP contribution < -0.4 is 0 Å². The number of nitrogens with one attached hydrogen (secondary N) is 1. The highest BCUT2D eigenvalue weighted by molar-refractivity contribution is 7.93. The van der Waals surface area contributed by atoms with E-state index in [2.05, 4.69) is 14.9 Å². The van der Waals surface area contributed by atoms with Crippen LogP contribution in [0.3, 0.4) is 0 Å². The Kier molecular flexibility index (Phi) is 2.25. The third-order valence-corrected chi connectivity index (χ3v) is 1.37. The van der Waals surface area contributed by atoms with Crippen LogP contribution in [-0.2, 0) is 0 Å². The van der Waals surface area contributed by atoms with Crippen molar-refractivity contribution in [3.8, 4) is 0 Å². The summed E-state index contributed by atoms with van der Waals surface area (Å²) >= 11 is 5.56. The number of halogens is 1. The maximum atomic E-state index is 8.46. The maximum Gasteiger partial charge on any atom is 0.198 e. The summed E-state index contributed by atoms with van der Waals surface area (Å²) in [6.45, 7) is 0. The highest BCUT2D eigenvalue weighted by Crippen LogP contribution is 2.16. The second kappa shape index (κ2) is 3.00. The summed E-state index contributed by atoms with van der Waals surface area (Å²) in [7, 11) is 0. The number of hydrogen-bond donors (Lipinski definition) is 2. The average Bonchev–Trinajstić information content (AvgIpc) is 2.33. The predicted molar refractivity (Wildman–Crippen MR) is 35.5 cm³/mol. The summed E-state index contributed by atoms with van der Waals surface area (Å²) in [4.78, 5) is 0. The third-order valence-electron chi connectivity index (χ3n) is 0.753. The van der Waals surface area contributed by atoms with E-state index in [9.17, 15) is 0 Å². The first-order valence-electron chi connectivity index (χ1n) is 2.14. The molecule has 10 heavy (non-hydrogen) atoms. The van der Waals surface area contributed by atoms with Gasteiger partial charge in [0.25, 0.3) is 0 Å². The van der Waals surface area contributed by atoms with Crippen molar-refractivity contribution in [1.29, 1.82) is 5.41 Å². The molecule has 7 heteroatoms. The average molecular weight is 180 g/mol. The van der Waals surface area contributed by atoms with Crippen LogP contribution in [0.15, 0.2) is 9.65 Å². The fraction of sp³-hybridized carbons (Fsp3) is 0. The topological polar surface area (TPSA) is 83.0 Å². The van der Waals surface area contributed by atoms with E-state index in [0.29, 0.717) is 12.0 Å². The van der Waals surface area contributed by atoms with Gasteiger partial charge in [-0.05, 0) is 10.3 Å². The molecule has 0 fully saturated rings. The number of hydrogen-bond acceptors (Lipinski definition) is 6. The van der Waals surface area contributed by atoms with Gasteiger partial charge in [-0.15, -0.1) is 0 Å². The molecule has 5 nitrogen and oxygen atoms in total. The maximum absolute atomic E-state index is 8.46. The minimum atomic E-state index is -0.308. The molecule has 1 aromatic heterocycles. The van der Waals surface area contributed by atoms with Crippen LogP contribution in [0.1, 0.15) is 5.69 Å². The molecule has 0 saturated heterocycles. The molecule has 1 rings (SSSR count). The minimum Gasteiger partial charge on any atom is -0.324 e. The lowest BCUT2D eigenvalue weighted by atomic mass is 10.5. The van der Waals surface area contributed by atoms with E-state index in [1.165, 1.54) is 0 Å². The monoisotopic (exact) mass is 179 g/mol. The molecule has 0 aliphatic carbocycles. The zero-order valence-corrected chi connectivity index (χ0v) is 6.11. The molecular weight excluding hydrogens is 178 g/mol. The van der Waals surface area contributed by atoms with E-state index < -0.39 is 0 Å². The summed E-state index contributed by atoms with van der Waals surface area (Å²) in [6.07, 6.45) is 0. The Balaban J connectivity index is 3.01. The van der Waals surface area contributed by atoms with E-state index in [0.717, 1.165) is 0 Å². The van der Waals surface area contributed by atoms with Crippen molar-refractivity contribution in [3.05, 3.63) is 5.69 Å². The van der Waals surface area contributed by atoms with Gasteiger partial charge in [-0.3, -0.25) is 5.41 Å². The van der Waals surface area contributed by atoms with Gasteiger partial charge in [-0.25, -0.2) is 4.63 Å². The highest BCUT2D eigenvalue weighted by atomic mass is 35.5. The Bertz CT molecular complexity index is 250. The van der Waals surface area contributed by atoms with E-state index in [1.807, 2.05) is 0 Å². The summed E-state index contributed by atoms with van der Waals surface area (Å²) in [5.41, 5.74) is 0.0502. The fourth-order valence-electron chi connectivity index (χ4n) is 0.374. The molecule has 0 aromatic carbocycles. The molecule has 0 bridgehead atoms. The number of rotatable bonds is 2. The van der Waals surface area contributed by atoms with Crippen molar-refractivity contribution >= 4 is 28.8 Å². The lowest BCUT2D eigenvalue weighted by Gasteiger charge is -1.85. The van der Waals surface area contributed by atoms with Crippen molar-refractivity contribution in [2.45, 2.75) is 5.03 Å². The molecule has 0 amide bonds. The Hall–Kier alpha value is -0.590. The Morgan fingerprint density at radius 2 is 2.40 bits per heavy atom. The minimum absolute atomic E-state index is 0.0502. The molecule has 1 aromatic rings. The molecule has 0 unspecified atom stereocenters. The molecule has 0 saturated carbocycles. The van der Waals surface area contributed by atoms with Crippen LogP contribution in [0.5, 0.6) is 0 Å². The molecule has 1 heterocycles. The molecule has 2 N–H and O–H groups in total. The Morgan fingerprint density at radius 3 is 2.80 bits per heavy atom. The highest BCUT2D eigenvalue weighted by Gasteiger charge is 2.12. The summed E-state index contributed by atoms with van der Waals surface area (Å²) < 4.78 is 12.6. The molecular formula is C3H2ClN3O2S. The first-order valence-corrected chi connectivity index (χ1v) is 3.29. The summed E-state index contributed by atoms with van der Waals surface area (Å²) in [5.74, 6) is 0. The summed E-state index contributed by atoms with van der Waals surface area (Å²) in [6, 6.07) is 0. The van der Waals surface area contributed by atoms with Crippen molar-refractivity contribution in [3.63, 3.8) is 0 Å². The molecule has 0 aliphatic rings. The van der Waals surface area contributed by atoms with Gasteiger partial charge in [0.05, 0.1) is 12.0 Å². The Morgan fingerprint density at radius 1 is 1.70 bits per heavy atom. The molecule has 0 atom stereocenters. The second-order valence-corrected chi connectivity index (χ2v) is 2.27. The van der Waals surface area contributed by atoms with Crippen LogP contribution in [0.4, 0.5) is 0 Å². The van der Waals surface area contributed by atoms with Crippen LogP contribution in [-0.4, -0.2) is 20.0 Å². The molecule has 54 valence electrons. The van der Waals surface area contributed by atoms with Crippen LogP contribution in [0, 0.1) is 5.41 Å². The van der Waals surface area contributed by atoms with Gasteiger partial charge in [-0.1, -0.05) is 11.6 Å². The van der Waals surface area contributed by atoms with Crippen molar-refractivity contribution in [2.24, 2.45) is 0 Å². The van der Waals surface area contributed by atoms with E-state index in [-0.39, 0.29) is 15.9 Å². The van der Waals surface area contributed by atoms with Crippen LogP contribution in [0.25, 0.3) is 0 Å². The van der Waals surface area contributed by atoms with E-state index in [1.54, 1.807) is 0 Å². The number of nitrogens with zero attached hydrogens (tertiary/aromatic N) is 2. The standard InChI is InChI=1S/C3H2ClN3O2S/c4-2(5)1-3(10-8)7-9-6-1/h5,8H. The largest absolute Gasteiger partial charge is 0.324 e. The van der Waals surface area contributed by atoms with Crippen LogP contribution in [0.2, 0.25) is 0 Å². The van der Waals surface area contributed by atoms with Crippen molar-refractivity contribution < 1.29 is 9.18 Å². The lowest BCUT2D eigenvalue weighted by Crippen LogP contribution is -1.90. The zero-order valence-electron chi connectivity index (χ0n) is 4.54. The van der Waals surface area contributed by atoms with Gasteiger partial charge >= 0.3 is 0 Å². The number of aromatic nitrogens is 2. The predicted octanol–water partition coefficient (Wildman–Crippen LogP) is 1.20. The van der Waals surface area contributed by atoms with Gasteiger partial charge in [0.15, 0.2) is 15.9 Å². The second-order valence-electron chi connectivity index (χ2n) is 1.32. The zero-order chi connectivity index (χ0) is 7.56. The third kappa shape index (κ3) is 1.28. The first-order chi connectivity index (χ1) is 4.75. The SMILES string of the molecule is N=C(Cl)c1nonc1SO. The van der Waals surface area contributed by atoms with Gasteiger partial charge in [-0.2, -0.15) is 0 Å². The Labute approximate surface area is 65.0 Å². The lowest BCUT2D eigenvalue weighted by molar-refractivity contribution is 0.297. The fourth-order valence-corrected chi connectivity index (χ4v) is 0.847. The molecule has 0 aliphatic heterocycles. The smallest absolute Gasteiger partial charge is 0.198 e. The van der Waals surface area contributed by atoms with Gasteiger partial charge in [0.1, 0.15) is 0 Å². The normalized spacial score (nSPS) is 9.80. The first kappa shape index (κ1) is 7.52. The quantitative estimate of drug-likeness (QED) is 0.527. The van der Waals surface area contributed by atoms with Crippen molar-refractivity contribution in [1.82, 2.24) is 10.3 Å². The molecule has 0 spiro atoms. The van der Waals surface area contributed by atoms with E-state index in [4.69, 9.17) is 21.6 Å². The van der Waals surface area contributed by atoms with Gasteiger partial charge < -0.3 is 4.55 Å². The van der Waals surface area contributed by atoms with E-state index >= 15 is 0 Å². The molecule has 0 radical (unpaired) electrons. The van der Waals surface area contributed by atoms with Gasteiger partial charge in [0.2, 0.25) is 0 Å².